The van der Waals surface area contributed by atoms with E-state index in [2.05, 4.69) is 26.1 Å². The van der Waals surface area contributed by atoms with Crippen LogP contribution >= 0.6 is 11.3 Å². The number of benzene rings is 1. The first kappa shape index (κ1) is 21.7. The maximum atomic E-state index is 12.4. The Labute approximate surface area is 179 Å². The van der Waals surface area contributed by atoms with Crippen molar-refractivity contribution in [1.82, 2.24) is 0 Å². The minimum atomic E-state index is -0.542. The van der Waals surface area contributed by atoms with Crippen molar-refractivity contribution >= 4 is 39.9 Å². The van der Waals surface area contributed by atoms with Crippen LogP contribution in [0.1, 0.15) is 53.6 Å². The molecule has 3 rings (SSSR count). The summed E-state index contributed by atoms with van der Waals surface area (Å²) in [4.78, 5) is 36.0. The van der Waals surface area contributed by atoms with E-state index in [1.165, 1.54) is 35.6 Å². The first-order valence-corrected chi connectivity index (χ1v) is 10.6. The second-order valence-corrected chi connectivity index (χ2v) is 9.66. The SMILES string of the molecule is CC(C)(C)[C@@H]1CCc2c(sc(NC(=O)/C=C/c3cccc([N+](=O)[O-])c3)c2C(N)=O)C1. The highest BCUT2D eigenvalue weighted by Crippen LogP contribution is 2.44. The molecule has 1 aromatic heterocycles. The Morgan fingerprint density at radius 3 is 2.70 bits per heavy atom. The van der Waals surface area contributed by atoms with Gasteiger partial charge < -0.3 is 11.1 Å². The van der Waals surface area contributed by atoms with Crippen LogP contribution in [0.15, 0.2) is 30.3 Å². The highest BCUT2D eigenvalue weighted by atomic mass is 32.1. The second-order valence-electron chi connectivity index (χ2n) is 8.55. The monoisotopic (exact) mass is 427 g/mol. The number of nitro groups is 1. The molecule has 0 unspecified atom stereocenters. The molecule has 8 heteroatoms. The zero-order valence-corrected chi connectivity index (χ0v) is 18.0. The molecule has 1 aromatic carbocycles. The van der Waals surface area contributed by atoms with E-state index in [4.69, 9.17) is 5.73 Å². The Kier molecular flexibility index (Phi) is 6.07. The molecule has 0 aliphatic heterocycles. The van der Waals surface area contributed by atoms with Crippen LogP contribution in [0.25, 0.3) is 6.08 Å². The summed E-state index contributed by atoms with van der Waals surface area (Å²) in [6, 6.07) is 5.99. The molecule has 0 spiro atoms. The van der Waals surface area contributed by atoms with Crippen LogP contribution in [-0.2, 0) is 17.6 Å². The van der Waals surface area contributed by atoms with Crippen molar-refractivity contribution in [3.8, 4) is 0 Å². The number of rotatable bonds is 5. The number of anilines is 1. The maximum Gasteiger partial charge on any atom is 0.270 e. The standard InChI is InChI=1S/C22H25N3O4S/c1-22(2,3)14-8-9-16-17(12-14)30-21(19(16)20(23)27)24-18(26)10-7-13-5-4-6-15(11-13)25(28)29/h4-7,10-11,14H,8-9,12H2,1-3H3,(H2,23,27)(H,24,26)/b10-7+/t14-/m1/s1. The van der Waals surface area contributed by atoms with Crippen LogP contribution in [-0.4, -0.2) is 16.7 Å². The number of hydrogen-bond donors (Lipinski definition) is 2. The highest BCUT2D eigenvalue weighted by Gasteiger charge is 2.33. The predicted molar refractivity (Wildman–Crippen MR) is 119 cm³/mol. The van der Waals surface area contributed by atoms with Crippen molar-refractivity contribution in [3.63, 3.8) is 0 Å². The van der Waals surface area contributed by atoms with E-state index in [-0.39, 0.29) is 11.1 Å². The lowest BCUT2D eigenvalue weighted by Gasteiger charge is -2.33. The van der Waals surface area contributed by atoms with E-state index in [1.54, 1.807) is 12.1 Å². The van der Waals surface area contributed by atoms with Crippen LogP contribution in [0.2, 0.25) is 0 Å². The zero-order valence-electron chi connectivity index (χ0n) is 17.2. The van der Waals surface area contributed by atoms with Crippen molar-refractivity contribution in [2.24, 2.45) is 17.1 Å². The van der Waals surface area contributed by atoms with Crippen molar-refractivity contribution in [2.45, 2.75) is 40.0 Å². The van der Waals surface area contributed by atoms with Gasteiger partial charge in [0.2, 0.25) is 5.91 Å². The third-order valence-corrected chi connectivity index (χ3v) is 6.65. The first-order chi connectivity index (χ1) is 14.1. The van der Waals surface area contributed by atoms with Gasteiger partial charge in [0.25, 0.3) is 11.6 Å². The summed E-state index contributed by atoms with van der Waals surface area (Å²) in [6.45, 7) is 6.64. The Bertz CT molecular complexity index is 1030. The molecule has 158 valence electrons. The van der Waals surface area contributed by atoms with Crippen LogP contribution in [0, 0.1) is 21.4 Å². The Morgan fingerprint density at radius 2 is 2.07 bits per heavy atom. The molecule has 3 N–H and O–H groups in total. The maximum absolute atomic E-state index is 12.4. The van der Waals surface area contributed by atoms with Gasteiger partial charge in [-0.1, -0.05) is 32.9 Å². The lowest BCUT2D eigenvalue weighted by molar-refractivity contribution is -0.384. The highest BCUT2D eigenvalue weighted by molar-refractivity contribution is 7.17. The lowest BCUT2D eigenvalue weighted by Crippen LogP contribution is -2.27. The Morgan fingerprint density at radius 1 is 1.33 bits per heavy atom. The first-order valence-electron chi connectivity index (χ1n) is 9.74. The van der Waals surface area contributed by atoms with E-state index in [0.29, 0.717) is 22.0 Å². The number of thiophene rings is 1. The third-order valence-electron chi connectivity index (χ3n) is 5.48. The minimum absolute atomic E-state index is 0.0482. The number of carbonyl (C=O) groups is 2. The molecule has 1 aliphatic carbocycles. The van der Waals surface area contributed by atoms with Gasteiger partial charge in [-0.25, -0.2) is 0 Å². The molecule has 0 fully saturated rings. The van der Waals surface area contributed by atoms with Crippen molar-refractivity contribution in [2.75, 3.05) is 5.32 Å². The topological polar surface area (TPSA) is 115 Å². The second kappa shape index (κ2) is 8.39. The van der Waals surface area contributed by atoms with E-state index in [0.717, 1.165) is 29.7 Å². The molecular formula is C22H25N3O4S. The number of nitro benzene ring substituents is 1. The molecule has 2 aromatic rings. The number of nitrogens with two attached hydrogens (primary N) is 1. The largest absolute Gasteiger partial charge is 0.365 e. The van der Waals surface area contributed by atoms with Crippen LogP contribution in [0.3, 0.4) is 0 Å². The minimum Gasteiger partial charge on any atom is -0.365 e. The molecule has 1 heterocycles. The number of primary amides is 1. The molecule has 30 heavy (non-hydrogen) atoms. The van der Waals surface area contributed by atoms with Gasteiger partial charge in [-0.15, -0.1) is 11.3 Å². The van der Waals surface area contributed by atoms with E-state index >= 15 is 0 Å². The zero-order chi connectivity index (χ0) is 22.1. The van der Waals surface area contributed by atoms with E-state index in [9.17, 15) is 19.7 Å². The molecule has 0 saturated carbocycles. The van der Waals surface area contributed by atoms with Gasteiger partial charge >= 0.3 is 0 Å². The molecule has 1 aliphatic rings. The number of amides is 2. The van der Waals surface area contributed by atoms with Crippen molar-refractivity contribution in [1.29, 1.82) is 0 Å². The molecule has 1 atom stereocenters. The average Bonchev–Trinajstić information content (AvgIpc) is 3.03. The predicted octanol–water partition coefficient (Wildman–Crippen LogP) is 4.56. The van der Waals surface area contributed by atoms with Gasteiger partial charge in [0.1, 0.15) is 5.00 Å². The number of carbonyl (C=O) groups excluding carboxylic acids is 2. The van der Waals surface area contributed by atoms with Gasteiger partial charge in [-0.2, -0.15) is 0 Å². The summed E-state index contributed by atoms with van der Waals surface area (Å²) in [5, 5.41) is 14.1. The number of fused-ring (bicyclic) bond motifs is 1. The van der Waals surface area contributed by atoms with Gasteiger partial charge in [-0.3, -0.25) is 19.7 Å². The number of non-ortho nitro benzene ring substituents is 1. The molecule has 2 amide bonds. The quantitative estimate of drug-likeness (QED) is 0.413. The molecular weight excluding hydrogens is 402 g/mol. The molecule has 7 nitrogen and oxygen atoms in total. The molecule has 0 radical (unpaired) electrons. The Balaban J connectivity index is 1.80. The fourth-order valence-corrected chi connectivity index (χ4v) is 5.08. The van der Waals surface area contributed by atoms with Crippen LogP contribution < -0.4 is 11.1 Å². The summed E-state index contributed by atoms with van der Waals surface area (Å²) < 4.78 is 0. The third kappa shape index (κ3) is 4.76. The number of hydrogen-bond acceptors (Lipinski definition) is 5. The van der Waals surface area contributed by atoms with Gasteiger partial charge in [0, 0.05) is 23.1 Å². The summed E-state index contributed by atoms with van der Waals surface area (Å²) in [7, 11) is 0. The summed E-state index contributed by atoms with van der Waals surface area (Å²) in [6.07, 6.45) is 5.40. The smallest absolute Gasteiger partial charge is 0.270 e. The fraction of sp³-hybridized carbons (Fsp3) is 0.364. The van der Waals surface area contributed by atoms with E-state index < -0.39 is 16.7 Å². The lowest BCUT2D eigenvalue weighted by atomic mass is 9.72. The molecule has 0 bridgehead atoms. The van der Waals surface area contributed by atoms with Crippen LogP contribution in [0.4, 0.5) is 10.7 Å². The number of nitrogens with zero attached hydrogens (tertiary/aromatic N) is 1. The van der Waals surface area contributed by atoms with E-state index in [1.807, 2.05) is 0 Å². The Hall–Kier alpha value is -3.00. The van der Waals surface area contributed by atoms with Crippen molar-refractivity contribution < 1.29 is 14.5 Å². The number of nitrogens with one attached hydrogen (secondary N) is 1. The molecule has 0 saturated heterocycles. The summed E-state index contributed by atoms with van der Waals surface area (Å²) in [5.74, 6) is -0.462. The van der Waals surface area contributed by atoms with Gasteiger partial charge in [-0.05, 0) is 47.8 Å². The van der Waals surface area contributed by atoms with Gasteiger partial charge in [0.05, 0.1) is 10.5 Å². The summed E-state index contributed by atoms with van der Waals surface area (Å²) >= 11 is 1.41. The fourth-order valence-electron chi connectivity index (χ4n) is 3.74. The normalized spacial score (nSPS) is 16.3. The summed E-state index contributed by atoms with van der Waals surface area (Å²) in [5.41, 5.74) is 7.63. The van der Waals surface area contributed by atoms with Gasteiger partial charge in [0.15, 0.2) is 0 Å². The van der Waals surface area contributed by atoms with Crippen LogP contribution in [0.5, 0.6) is 0 Å². The average molecular weight is 428 g/mol. The van der Waals surface area contributed by atoms with Crippen molar-refractivity contribution in [3.05, 3.63) is 62.0 Å².